The molecule has 0 saturated carbocycles. The molecule has 2 aromatic heterocycles. The Hall–Kier alpha value is -1.40. The average Bonchev–Trinajstić information content (AvgIpc) is 3.05. The Kier molecular flexibility index (Phi) is 3.76. The van der Waals surface area contributed by atoms with E-state index in [2.05, 4.69) is 45.6 Å². The highest BCUT2D eigenvalue weighted by molar-refractivity contribution is 7.16. The summed E-state index contributed by atoms with van der Waals surface area (Å²) in [4.78, 5) is 15.0. The van der Waals surface area contributed by atoms with Crippen LogP contribution in [0.5, 0.6) is 0 Å². The van der Waals surface area contributed by atoms with Gasteiger partial charge in [0.15, 0.2) is 0 Å². The van der Waals surface area contributed by atoms with Crippen molar-refractivity contribution in [1.82, 2.24) is 14.9 Å². The molecule has 6 heteroatoms. The highest BCUT2D eigenvalue weighted by Gasteiger charge is 2.28. The van der Waals surface area contributed by atoms with Crippen LogP contribution in [0, 0.1) is 0 Å². The second-order valence-electron chi connectivity index (χ2n) is 5.51. The molecular weight excluding hydrogens is 270 g/mol. The van der Waals surface area contributed by atoms with Gasteiger partial charge < -0.3 is 15.1 Å². The minimum absolute atomic E-state index is 0.549. The van der Waals surface area contributed by atoms with E-state index >= 15 is 0 Å². The first-order chi connectivity index (χ1) is 9.69. The van der Waals surface area contributed by atoms with E-state index in [-0.39, 0.29) is 0 Å². The van der Waals surface area contributed by atoms with Crippen molar-refractivity contribution in [2.45, 2.75) is 18.9 Å². The minimum atomic E-state index is 0.549. The summed E-state index contributed by atoms with van der Waals surface area (Å²) >= 11 is 1.68. The number of hydrogen-bond donors (Lipinski definition) is 1. The first kappa shape index (κ1) is 13.6. The van der Waals surface area contributed by atoms with E-state index in [0.29, 0.717) is 12.0 Å². The van der Waals surface area contributed by atoms with Crippen LogP contribution in [0.15, 0.2) is 11.4 Å². The summed E-state index contributed by atoms with van der Waals surface area (Å²) in [6.45, 7) is 2.16. The van der Waals surface area contributed by atoms with Gasteiger partial charge in [0.05, 0.1) is 5.39 Å². The molecule has 0 amide bonds. The van der Waals surface area contributed by atoms with Gasteiger partial charge in [-0.3, -0.25) is 0 Å². The molecule has 5 nitrogen and oxygen atoms in total. The molecule has 3 heterocycles. The molecule has 1 aliphatic heterocycles. The quantitative estimate of drug-likeness (QED) is 0.936. The number of nitrogens with one attached hydrogen (secondary N) is 1. The normalized spacial score (nSPS) is 19.2. The van der Waals surface area contributed by atoms with Crippen LogP contribution in [-0.2, 0) is 0 Å². The average molecular weight is 291 g/mol. The van der Waals surface area contributed by atoms with E-state index in [4.69, 9.17) is 4.98 Å². The Morgan fingerprint density at radius 1 is 1.45 bits per heavy atom. The van der Waals surface area contributed by atoms with Crippen molar-refractivity contribution in [1.29, 1.82) is 0 Å². The smallest absolute Gasteiger partial charge is 0.225 e. The Balaban J connectivity index is 2.01. The van der Waals surface area contributed by atoms with Crippen LogP contribution in [-0.4, -0.2) is 55.1 Å². The molecule has 0 bridgehead atoms. The molecule has 3 rings (SSSR count). The molecule has 20 heavy (non-hydrogen) atoms. The number of fused-ring (bicyclic) bond motifs is 1. The Morgan fingerprint density at radius 2 is 2.30 bits per heavy atom. The van der Waals surface area contributed by atoms with Gasteiger partial charge in [0, 0.05) is 26.2 Å². The summed E-state index contributed by atoms with van der Waals surface area (Å²) in [5.41, 5.74) is 0. The van der Waals surface area contributed by atoms with Crippen LogP contribution in [0.25, 0.3) is 10.2 Å². The lowest BCUT2D eigenvalue weighted by molar-refractivity contribution is 0.372. The topological polar surface area (TPSA) is 44.3 Å². The molecule has 1 atom stereocenters. The second-order valence-corrected chi connectivity index (χ2v) is 6.41. The molecule has 1 fully saturated rings. The minimum Gasteiger partial charge on any atom is -0.357 e. The maximum absolute atomic E-state index is 4.72. The Labute approximate surface area is 123 Å². The van der Waals surface area contributed by atoms with Crippen LogP contribution in [0.1, 0.15) is 12.8 Å². The van der Waals surface area contributed by atoms with Crippen LogP contribution in [0.3, 0.4) is 0 Å². The van der Waals surface area contributed by atoms with Crippen molar-refractivity contribution < 1.29 is 0 Å². The van der Waals surface area contributed by atoms with Crippen molar-refractivity contribution in [2.24, 2.45) is 0 Å². The van der Waals surface area contributed by atoms with E-state index in [1.54, 1.807) is 11.3 Å². The van der Waals surface area contributed by atoms with E-state index in [0.717, 1.165) is 23.7 Å². The van der Waals surface area contributed by atoms with E-state index in [1.807, 2.05) is 7.05 Å². The summed E-state index contributed by atoms with van der Waals surface area (Å²) in [7, 11) is 6.14. The monoisotopic (exact) mass is 291 g/mol. The molecule has 2 aromatic rings. The lowest BCUT2D eigenvalue weighted by atomic mass is 10.2. The van der Waals surface area contributed by atoms with Gasteiger partial charge in [0.2, 0.25) is 5.95 Å². The van der Waals surface area contributed by atoms with Gasteiger partial charge in [-0.05, 0) is 38.4 Å². The summed E-state index contributed by atoms with van der Waals surface area (Å²) in [5, 5.41) is 6.35. The van der Waals surface area contributed by atoms with E-state index in [1.165, 1.54) is 18.2 Å². The fourth-order valence-corrected chi connectivity index (χ4v) is 3.65. The van der Waals surface area contributed by atoms with Crippen LogP contribution < -0.4 is 10.2 Å². The van der Waals surface area contributed by atoms with Crippen molar-refractivity contribution in [3.63, 3.8) is 0 Å². The zero-order valence-corrected chi connectivity index (χ0v) is 13.1. The van der Waals surface area contributed by atoms with Crippen molar-refractivity contribution in [3.05, 3.63) is 11.4 Å². The van der Waals surface area contributed by atoms with Gasteiger partial charge >= 0.3 is 0 Å². The van der Waals surface area contributed by atoms with Gasteiger partial charge in [0.1, 0.15) is 10.6 Å². The standard InChI is InChI=1S/C14H21N5S/c1-15-14-16-12(11-6-8-20-13(11)17-14)19-7-4-5-10(19)9-18(2)3/h6,8,10H,4-5,7,9H2,1-3H3,(H,15,16,17). The number of rotatable bonds is 4. The maximum Gasteiger partial charge on any atom is 0.225 e. The highest BCUT2D eigenvalue weighted by Crippen LogP contribution is 2.33. The van der Waals surface area contributed by atoms with E-state index < -0.39 is 0 Å². The molecule has 0 aliphatic carbocycles. The largest absolute Gasteiger partial charge is 0.357 e. The lowest BCUT2D eigenvalue weighted by Gasteiger charge is -2.28. The fourth-order valence-electron chi connectivity index (χ4n) is 2.90. The summed E-state index contributed by atoms with van der Waals surface area (Å²) < 4.78 is 0. The third kappa shape index (κ3) is 2.45. The lowest BCUT2D eigenvalue weighted by Crippen LogP contribution is -2.38. The fraction of sp³-hybridized carbons (Fsp3) is 0.571. The molecule has 108 valence electrons. The number of hydrogen-bond acceptors (Lipinski definition) is 6. The number of aromatic nitrogens is 2. The Bertz CT molecular complexity index is 594. The number of anilines is 2. The van der Waals surface area contributed by atoms with Gasteiger partial charge in [-0.15, -0.1) is 11.3 Å². The molecular formula is C14H21N5S. The zero-order valence-electron chi connectivity index (χ0n) is 12.3. The first-order valence-electron chi connectivity index (χ1n) is 7.03. The molecule has 1 aliphatic rings. The van der Waals surface area contributed by atoms with Crippen LogP contribution >= 0.6 is 11.3 Å². The highest BCUT2D eigenvalue weighted by atomic mass is 32.1. The molecule has 1 unspecified atom stereocenters. The molecule has 0 spiro atoms. The third-order valence-electron chi connectivity index (χ3n) is 3.75. The second kappa shape index (κ2) is 5.54. The van der Waals surface area contributed by atoms with Gasteiger partial charge in [0.25, 0.3) is 0 Å². The van der Waals surface area contributed by atoms with Crippen LogP contribution in [0.4, 0.5) is 11.8 Å². The van der Waals surface area contributed by atoms with Crippen molar-refractivity contribution in [3.8, 4) is 0 Å². The summed E-state index contributed by atoms with van der Waals surface area (Å²) in [6.07, 6.45) is 2.48. The third-order valence-corrected chi connectivity index (χ3v) is 4.56. The number of likely N-dealkylation sites (N-methyl/N-ethyl adjacent to an activating group) is 1. The van der Waals surface area contributed by atoms with Gasteiger partial charge in [-0.25, -0.2) is 4.98 Å². The SMILES string of the molecule is CNc1nc(N2CCCC2CN(C)C)c2ccsc2n1. The van der Waals surface area contributed by atoms with Crippen LogP contribution in [0.2, 0.25) is 0 Å². The first-order valence-corrected chi connectivity index (χ1v) is 7.91. The van der Waals surface area contributed by atoms with Gasteiger partial charge in [-0.2, -0.15) is 4.98 Å². The molecule has 1 N–H and O–H groups in total. The predicted molar refractivity (Wildman–Crippen MR) is 85.9 cm³/mol. The summed E-state index contributed by atoms with van der Waals surface area (Å²) in [6, 6.07) is 2.69. The van der Waals surface area contributed by atoms with Gasteiger partial charge in [-0.1, -0.05) is 0 Å². The molecule has 0 radical (unpaired) electrons. The van der Waals surface area contributed by atoms with Crippen molar-refractivity contribution in [2.75, 3.05) is 44.4 Å². The van der Waals surface area contributed by atoms with E-state index in [9.17, 15) is 0 Å². The Morgan fingerprint density at radius 3 is 3.05 bits per heavy atom. The van der Waals surface area contributed by atoms with Crippen molar-refractivity contribution >= 4 is 33.3 Å². The zero-order chi connectivity index (χ0) is 14.1. The molecule has 1 saturated heterocycles. The predicted octanol–water partition coefficient (Wildman–Crippen LogP) is 2.26. The molecule has 0 aromatic carbocycles. The number of nitrogens with zero attached hydrogens (tertiary/aromatic N) is 4. The maximum atomic E-state index is 4.72. The summed E-state index contributed by atoms with van der Waals surface area (Å²) in [5.74, 6) is 1.80. The number of thiophene rings is 1.